The minimum absolute atomic E-state index is 0.127. The van der Waals surface area contributed by atoms with Crippen LogP contribution < -0.4 is 11.0 Å². The average Bonchev–Trinajstić information content (AvgIpc) is 2.95. The third-order valence-electron chi connectivity index (χ3n) is 4.27. The van der Waals surface area contributed by atoms with Crippen molar-refractivity contribution in [1.29, 1.82) is 0 Å². The minimum Gasteiger partial charge on any atom is -0.512 e. The van der Waals surface area contributed by atoms with Gasteiger partial charge in [0.25, 0.3) is 5.56 Å². The van der Waals surface area contributed by atoms with Crippen molar-refractivity contribution in [1.82, 2.24) is 9.66 Å². The Morgan fingerprint density at radius 2 is 2.25 bits per heavy atom. The van der Waals surface area contributed by atoms with Gasteiger partial charge in [0.05, 0.1) is 5.69 Å². The summed E-state index contributed by atoms with van der Waals surface area (Å²) in [6, 6.07) is 4.62. The number of nitrogens with one attached hydrogen (secondary N) is 1. The Morgan fingerprint density at radius 3 is 2.96 bits per heavy atom. The van der Waals surface area contributed by atoms with Gasteiger partial charge in [-0.3, -0.25) is 14.9 Å². The van der Waals surface area contributed by atoms with Gasteiger partial charge in [-0.25, -0.2) is 4.99 Å². The van der Waals surface area contributed by atoms with E-state index in [1.54, 1.807) is 16.8 Å². The highest BCUT2D eigenvalue weighted by Crippen LogP contribution is 2.45. The quantitative estimate of drug-likeness (QED) is 0.549. The molecule has 0 amide bonds. The average molecular weight is 330 g/mol. The molecule has 124 valence electrons. The molecule has 4 rings (SSSR count). The van der Waals surface area contributed by atoms with E-state index in [0.29, 0.717) is 22.9 Å². The van der Waals surface area contributed by atoms with Gasteiger partial charge in [0.1, 0.15) is 29.8 Å². The van der Waals surface area contributed by atoms with E-state index in [9.17, 15) is 20.1 Å². The number of rotatable bonds is 1. The number of aliphatic imine (C=N–C) groups is 1. The maximum atomic E-state index is 11.6. The smallest absolute Gasteiger partial charge is 0.271 e. The number of ether oxygens (including phenoxy) is 1. The van der Waals surface area contributed by atoms with E-state index in [0.717, 1.165) is 0 Å². The lowest BCUT2D eigenvalue weighted by Crippen LogP contribution is -2.40. The molecule has 3 atom stereocenters. The van der Waals surface area contributed by atoms with E-state index >= 15 is 0 Å². The molecule has 0 aromatic carbocycles. The van der Waals surface area contributed by atoms with Crippen LogP contribution in [0.15, 0.2) is 40.0 Å². The Kier molecular flexibility index (Phi) is 2.93. The van der Waals surface area contributed by atoms with Crippen LogP contribution in [0.4, 0.5) is 5.82 Å². The van der Waals surface area contributed by atoms with E-state index in [1.807, 2.05) is 0 Å². The van der Waals surface area contributed by atoms with Gasteiger partial charge in [-0.05, 0) is 19.1 Å². The van der Waals surface area contributed by atoms with Gasteiger partial charge in [-0.2, -0.15) is 4.98 Å². The summed E-state index contributed by atoms with van der Waals surface area (Å²) in [5, 5.41) is 30.6. The predicted molar refractivity (Wildman–Crippen MR) is 84.7 cm³/mol. The first-order valence-electron chi connectivity index (χ1n) is 7.20. The molecular weight excluding hydrogens is 316 g/mol. The molecule has 2 aromatic heterocycles. The normalized spacial score (nSPS) is 29.7. The zero-order valence-electron chi connectivity index (χ0n) is 12.5. The molecule has 0 radical (unpaired) electrons. The number of hydrogen-bond acceptors (Lipinski definition) is 8. The zero-order valence-corrected chi connectivity index (χ0v) is 12.5. The highest BCUT2D eigenvalue weighted by atomic mass is 16.5. The molecule has 24 heavy (non-hydrogen) atoms. The molecule has 0 bridgehead atoms. The Bertz CT molecular complexity index is 962. The van der Waals surface area contributed by atoms with Gasteiger partial charge in [-0.1, -0.05) is 0 Å². The third kappa shape index (κ3) is 1.85. The number of aliphatic hydroxyl groups is 3. The van der Waals surface area contributed by atoms with Gasteiger partial charge < -0.3 is 20.1 Å². The lowest BCUT2D eigenvalue weighted by Gasteiger charge is -2.26. The summed E-state index contributed by atoms with van der Waals surface area (Å²) < 4.78 is 7.11. The molecule has 2 aromatic rings. The van der Waals surface area contributed by atoms with Crippen molar-refractivity contribution < 1.29 is 20.1 Å². The molecule has 4 N–H and O–H groups in total. The van der Waals surface area contributed by atoms with Gasteiger partial charge in [0, 0.05) is 11.5 Å². The largest absolute Gasteiger partial charge is 0.512 e. The van der Waals surface area contributed by atoms with Crippen LogP contribution in [0.2, 0.25) is 0 Å². The van der Waals surface area contributed by atoms with Crippen molar-refractivity contribution in [2.45, 2.75) is 24.7 Å². The van der Waals surface area contributed by atoms with Crippen molar-refractivity contribution in [3.63, 3.8) is 0 Å². The van der Waals surface area contributed by atoms with Crippen molar-refractivity contribution in [2.24, 2.45) is 4.99 Å². The predicted octanol–water partition coefficient (Wildman–Crippen LogP) is 0.196. The maximum absolute atomic E-state index is 11.6. The number of aromatic nitrogens is 2. The fourth-order valence-corrected chi connectivity index (χ4v) is 3.04. The molecule has 2 aliphatic rings. The fourth-order valence-electron chi connectivity index (χ4n) is 3.04. The molecule has 9 heteroatoms. The summed E-state index contributed by atoms with van der Waals surface area (Å²) in [7, 11) is 0. The summed E-state index contributed by atoms with van der Waals surface area (Å²) in [4.78, 5) is 19.6. The van der Waals surface area contributed by atoms with Crippen LogP contribution in [0.25, 0.3) is 10.9 Å². The van der Waals surface area contributed by atoms with Gasteiger partial charge in [-0.15, -0.1) is 0 Å². The third-order valence-corrected chi connectivity index (χ3v) is 4.27. The second-order valence-corrected chi connectivity index (χ2v) is 5.86. The van der Waals surface area contributed by atoms with E-state index in [-0.39, 0.29) is 11.6 Å². The van der Waals surface area contributed by atoms with Gasteiger partial charge >= 0.3 is 0 Å². The summed E-state index contributed by atoms with van der Waals surface area (Å²) in [5.74, 6) is 0.111. The van der Waals surface area contributed by atoms with Crippen LogP contribution in [0.5, 0.6) is 0 Å². The van der Waals surface area contributed by atoms with Crippen LogP contribution in [0, 0.1) is 0 Å². The highest BCUT2D eigenvalue weighted by molar-refractivity contribution is 5.93. The Morgan fingerprint density at radius 1 is 1.46 bits per heavy atom. The molecule has 1 saturated heterocycles. The van der Waals surface area contributed by atoms with Crippen LogP contribution in [-0.2, 0) is 4.74 Å². The highest BCUT2D eigenvalue weighted by Gasteiger charge is 2.52. The topological polar surface area (TPSA) is 129 Å². The number of hydrogen-bond donors (Lipinski definition) is 4. The molecule has 0 aliphatic carbocycles. The lowest BCUT2D eigenvalue weighted by molar-refractivity contribution is -0.0665. The standard InChI is InChI=1S/C15H14N4O5/c1-15(23)12(22)9(5-20)24-13(15)8-4-7-2-3-10(21)18-14-11(7)19(8)17-6-16-14/h2-6,12-13,20,22-23H,1H3,(H,16,17,18,21)/b9-5+/t12-,13+,15-/m1/s1. The van der Waals surface area contributed by atoms with E-state index in [4.69, 9.17) is 4.74 Å². The summed E-state index contributed by atoms with van der Waals surface area (Å²) >= 11 is 0. The number of nitrogens with zero attached hydrogens (tertiary/aromatic N) is 3. The SMILES string of the molecule is C[C@@]1(O)[C@H](O)/C(=C\O)O[C@H]1c1cc2ccc(=O)nc3c2n1NC=N3. The van der Waals surface area contributed by atoms with Crippen molar-refractivity contribution >= 4 is 23.1 Å². The van der Waals surface area contributed by atoms with Gasteiger partial charge in [0.2, 0.25) is 0 Å². The second kappa shape index (κ2) is 4.79. The number of aliphatic hydroxyl groups excluding tert-OH is 2. The van der Waals surface area contributed by atoms with Crippen LogP contribution in [-0.4, -0.2) is 43.0 Å². The maximum Gasteiger partial charge on any atom is 0.271 e. The summed E-state index contributed by atoms with van der Waals surface area (Å²) in [6.45, 7) is 1.41. The zero-order chi connectivity index (χ0) is 17.1. The molecular formula is C15H14N4O5. The van der Waals surface area contributed by atoms with E-state index in [1.165, 1.54) is 19.3 Å². The van der Waals surface area contributed by atoms with Crippen LogP contribution in [0.1, 0.15) is 18.7 Å². The Balaban J connectivity index is 1.97. The van der Waals surface area contributed by atoms with Crippen molar-refractivity contribution in [3.05, 3.63) is 46.3 Å². The van der Waals surface area contributed by atoms with Crippen molar-refractivity contribution in [2.75, 3.05) is 5.43 Å². The summed E-state index contributed by atoms with van der Waals surface area (Å²) in [5.41, 5.74) is 1.84. The monoisotopic (exact) mass is 330 g/mol. The fraction of sp³-hybridized carbons (Fsp3) is 0.267. The molecule has 2 aliphatic heterocycles. The first-order chi connectivity index (χ1) is 11.4. The Hall–Kier alpha value is -2.91. The van der Waals surface area contributed by atoms with E-state index < -0.39 is 23.4 Å². The molecule has 0 saturated carbocycles. The molecule has 1 fully saturated rings. The molecule has 0 unspecified atom stereocenters. The second-order valence-electron chi connectivity index (χ2n) is 5.86. The minimum atomic E-state index is -1.67. The Labute approximate surface area is 135 Å². The van der Waals surface area contributed by atoms with Crippen LogP contribution >= 0.6 is 0 Å². The first kappa shape index (κ1) is 14.7. The van der Waals surface area contributed by atoms with Crippen molar-refractivity contribution in [3.8, 4) is 0 Å². The summed E-state index contributed by atoms with van der Waals surface area (Å²) in [6.07, 6.45) is -0.343. The first-order valence-corrected chi connectivity index (χ1v) is 7.20. The van der Waals surface area contributed by atoms with E-state index in [2.05, 4.69) is 15.4 Å². The van der Waals surface area contributed by atoms with Gasteiger partial charge in [0.15, 0.2) is 17.7 Å². The van der Waals surface area contributed by atoms with Crippen LogP contribution in [0.3, 0.4) is 0 Å². The molecule has 4 heterocycles. The molecule has 9 nitrogen and oxygen atoms in total. The lowest BCUT2D eigenvalue weighted by atomic mass is 9.92. The molecule has 0 spiro atoms.